The molecular formula is C23H19N3O. The molecule has 0 radical (unpaired) electrons. The Bertz CT molecular complexity index is 1180. The standard InChI is InChI=1S/C23H19N3O/c27-21-11-9-18-14-19(16-8-10-20-17(13-16)7-4-12-24-20)22(26-23(18)25-21)15-5-2-1-3-6-15/h1-7,9,11-12,14,16H,8,10,13H2,(H,25,26,27). The van der Waals surface area contributed by atoms with Gasteiger partial charge in [-0.3, -0.25) is 9.78 Å². The highest BCUT2D eigenvalue weighted by atomic mass is 16.1. The van der Waals surface area contributed by atoms with Gasteiger partial charge >= 0.3 is 0 Å². The van der Waals surface area contributed by atoms with Crippen LogP contribution < -0.4 is 5.56 Å². The molecule has 1 aromatic carbocycles. The highest BCUT2D eigenvalue weighted by Crippen LogP contribution is 2.37. The molecule has 4 aromatic rings. The van der Waals surface area contributed by atoms with Crippen molar-refractivity contribution in [3.05, 3.63) is 94.0 Å². The van der Waals surface area contributed by atoms with E-state index in [-0.39, 0.29) is 5.56 Å². The van der Waals surface area contributed by atoms with Gasteiger partial charge in [-0.05, 0) is 54.5 Å². The van der Waals surface area contributed by atoms with Crippen LogP contribution >= 0.6 is 0 Å². The molecule has 1 unspecified atom stereocenters. The van der Waals surface area contributed by atoms with Crippen LogP contribution in [0.3, 0.4) is 0 Å². The first-order chi connectivity index (χ1) is 13.3. The molecule has 1 atom stereocenters. The molecule has 1 aliphatic carbocycles. The van der Waals surface area contributed by atoms with E-state index in [0.717, 1.165) is 35.9 Å². The Morgan fingerprint density at radius 3 is 2.78 bits per heavy atom. The SMILES string of the molecule is O=c1ccc2cc(C3CCc4ncccc4C3)c(-c3ccccc3)nc2[nH]1. The summed E-state index contributed by atoms with van der Waals surface area (Å²) in [5, 5.41) is 0.973. The molecule has 0 amide bonds. The summed E-state index contributed by atoms with van der Waals surface area (Å²) in [6, 6.07) is 20.0. The minimum Gasteiger partial charge on any atom is -0.307 e. The van der Waals surface area contributed by atoms with Gasteiger partial charge in [0.2, 0.25) is 5.56 Å². The smallest absolute Gasteiger partial charge is 0.249 e. The second-order valence-electron chi connectivity index (χ2n) is 7.10. The third-order valence-corrected chi connectivity index (χ3v) is 5.40. The van der Waals surface area contributed by atoms with Crippen molar-refractivity contribution < 1.29 is 0 Å². The normalized spacial score (nSPS) is 16.2. The van der Waals surface area contributed by atoms with Crippen molar-refractivity contribution >= 4 is 11.0 Å². The van der Waals surface area contributed by atoms with Crippen molar-refractivity contribution in [2.75, 3.05) is 0 Å². The molecule has 0 saturated carbocycles. The van der Waals surface area contributed by atoms with Crippen LogP contribution in [0.15, 0.2) is 71.7 Å². The zero-order chi connectivity index (χ0) is 18.2. The number of nitrogens with one attached hydrogen (secondary N) is 1. The lowest BCUT2D eigenvalue weighted by Gasteiger charge is -2.26. The van der Waals surface area contributed by atoms with E-state index in [9.17, 15) is 4.79 Å². The Morgan fingerprint density at radius 2 is 1.89 bits per heavy atom. The average Bonchev–Trinajstić information content (AvgIpc) is 2.73. The first-order valence-electron chi connectivity index (χ1n) is 9.30. The number of fused-ring (bicyclic) bond motifs is 2. The van der Waals surface area contributed by atoms with Crippen molar-refractivity contribution in [1.82, 2.24) is 15.0 Å². The summed E-state index contributed by atoms with van der Waals surface area (Å²) in [5.41, 5.74) is 6.35. The maximum absolute atomic E-state index is 11.8. The van der Waals surface area contributed by atoms with Crippen LogP contribution in [0.4, 0.5) is 0 Å². The van der Waals surface area contributed by atoms with Gasteiger partial charge in [-0.25, -0.2) is 4.98 Å². The van der Waals surface area contributed by atoms with Crippen molar-refractivity contribution in [1.29, 1.82) is 0 Å². The zero-order valence-corrected chi connectivity index (χ0v) is 14.9. The molecule has 0 bridgehead atoms. The fourth-order valence-electron chi connectivity index (χ4n) is 4.06. The van der Waals surface area contributed by atoms with Gasteiger partial charge in [0.15, 0.2) is 0 Å². The second-order valence-corrected chi connectivity index (χ2v) is 7.10. The number of aromatic amines is 1. The predicted octanol–water partition coefficient (Wildman–Crippen LogP) is 4.26. The molecule has 4 heteroatoms. The van der Waals surface area contributed by atoms with Gasteiger partial charge in [-0.15, -0.1) is 0 Å². The number of nitrogens with zero attached hydrogens (tertiary/aromatic N) is 2. The Kier molecular flexibility index (Phi) is 3.82. The highest BCUT2D eigenvalue weighted by Gasteiger charge is 2.24. The molecular weight excluding hydrogens is 334 g/mol. The number of hydrogen-bond acceptors (Lipinski definition) is 3. The van der Waals surface area contributed by atoms with Crippen LogP contribution in [0.2, 0.25) is 0 Å². The van der Waals surface area contributed by atoms with E-state index in [1.54, 1.807) is 6.07 Å². The van der Waals surface area contributed by atoms with Crippen LogP contribution in [0.25, 0.3) is 22.3 Å². The molecule has 1 N–H and O–H groups in total. The van der Waals surface area contributed by atoms with E-state index < -0.39 is 0 Å². The fourth-order valence-corrected chi connectivity index (χ4v) is 4.06. The summed E-state index contributed by atoms with van der Waals surface area (Å²) in [7, 11) is 0. The summed E-state index contributed by atoms with van der Waals surface area (Å²) in [6.07, 6.45) is 4.89. The van der Waals surface area contributed by atoms with Crippen molar-refractivity contribution in [2.45, 2.75) is 25.2 Å². The van der Waals surface area contributed by atoms with Crippen LogP contribution in [0, 0.1) is 0 Å². The van der Waals surface area contributed by atoms with Crippen LogP contribution in [-0.2, 0) is 12.8 Å². The molecule has 4 nitrogen and oxygen atoms in total. The lowest BCUT2D eigenvalue weighted by molar-refractivity contribution is 0.574. The number of rotatable bonds is 2. The number of aryl methyl sites for hydroxylation is 1. The van der Waals surface area contributed by atoms with Gasteiger partial charge in [0.25, 0.3) is 0 Å². The highest BCUT2D eigenvalue weighted by molar-refractivity contribution is 5.80. The largest absolute Gasteiger partial charge is 0.307 e. The van der Waals surface area contributed by atoms with E-state index >= 15 is 0 Å². The first kappa shape index (κ1) is 15.9. The first-order valence-corrected chi connectivity index (χ1v) is 9.30. The van der Waals surface area contributed by atoms with E-state index in [2.05, 4.69) is 34.2 Å². The van der Waals surface area contributed by atoms with Gasteiger partial charge in [-0.1, -0.05) is 36.4 Å². The minimum atomic E-state index is -0.126. The summed E-state index contributed by atoms with van der Waals surface area (Å²) >= 11 is 0. The molecule has 0 saturated heterocycles. The molecule has 3 aromatic heterocycles. The summed E-state index contributed by atoms with van der Waals surface area (Å²) < 4.78 is 0. The maximum Gasteiger partial charge on any atom is 0.249 e. The second kappa shape index (κ2) is 6.47. The number of H-pyrrole nitrogens is 1. The third kappa shape index (κ3) is 2.93. The lowest BCUT2D eigenvalue weighted by Crippen LogP contribution is -2.15. The minimum absolute atomic E-state index is 0.126. The number of pyridine rings is 3. The summed E-state index contributed by atoms with van der Waals surface area (Å²) in [6.45, 7) is 0. The van der Waals surface area contributed by atoms with E-state index in [1.165, 1.54) is 16.8 Å². The monoisotopic (exact) mass is 353 g/mol. The molecule has 0 aliphatic heterocycles. The zero-order valence-electron chi connectivity index (χ0n) is 14.9. The Morgan fingerprint density at radius 1 is 1.00 bits per heavy atom. The maximum atomic E-state index is 11.8. The van der Waals surface area contributed by atoms with Gasteiger partial charge in [0.1, 0.15) is 5.65 Å². The number of benzene rings is 1. The van der Waals surface area contributed by atoms with Gasteiger partial charge in [-0.2, -0.15) is 0 Å². The Balaban J connectivity index is 1.69. The summed E-state index contributed by atoms with van der Waals surface area (Å²) in [4.78, 5) is 24.0. The van der Waals surface area contributed by atoms with Gasteiger partial charge < -0.3 is 4.98 Å². The average molecular weight is 353 g/mol. The fraction of sp³-hybridized carbons (Fsp3) is 0.174. The van der Waals surface area contributed by atoms with E-state index in [4.69, 9.17) is 4.98 Å². The number of hydrogen-bond donors (Lipinski definition) is 1. The van der Waals surface area contributed by atoms with Crippen molar-refractivity contribution in [3.8, 4) is 11.3 Å². The predicted molar refractivity (Wildman–Crippen MR) is 107 cm³/mol. The Labute approximate surface area is 157 Å². The van der Waals surface area contributed by atoms with Gasteiger partial charge in [0.05, 0.1) is 5.69 Å². The number of aromatic nitrogens is 3. The van der Waals surface area contributed by atoms with Gasteiger partial charge in [0, 0.05) is 28.9 Å². The molecule has 0 fully saturated rings. The lowest BCUT2D eigenvalue weighted by atomic mass is 9.80. The van der Waals surface area contributed by atoms with Crippen LogP contribution in [-0.4, -0.2) is 15.0 Å². The van der Waals surface area contributed by atoms with Crippen molar-refractivity contribution in [2.24, 2.45) is 0 Å². The van der Waals surface area contributed by atoms with Crippen molar-refractivity contribution in [3.63, 3.8) is 0 Å². The van der Waals surface area contributed by atoms with Crippen LogP contribution in [0.5, 0.6) is 0 Å². The molecule has 132 valence electrons. The van der Waals surface area contributed by atoms with Crippen LogP contribution in [0.1, 0.15) is 29.2 Å². The molecule has 1 aliphatic rings. The summed E-state index contributed by atoms with van der Waals surface area (Å²) in [5.74, 6) is 0.390. The molecule has 3 heterocycles. The molecule has 5 rings (SSSR count). The topological polar surface area (TPSA) is 58.6 Å². The third-order valence-electron chi connectivity index (χ3n) is 5.40. The van der Waals surface area contributed by atoms with E-state index in [0.29, 0.717) is 11.6 Å². The van der Waals surface area contributed by atoms with E-state index in [1.807, 2.05) is 36.5 Å². The molecule has 27 heavy (non-hydrogen) atoms. The quantitative estimate of drug-likeness (QED) is 0.586. The Hall–Kier alpha value is -3.27. The molecule has 0 spiro atoms.